The Labute approximate surface area is 225 Å². The molecule has 2 atom stereocenters. The summed E-state index contributed by atoms with van der Waals surface area (Å²) >= 11 is 12.0. The lowest BCUT2D eigenvalue weighted by Crippen LogP contribution is -2.30. The molecule has 5 aromatic rings. The molecule has 0 saturated carbocycles. The van der Waals surface area contributed by atoms with Crippen LogP contribution in [0.4, 0.5) is 5.69 Å². The molecule has 1 aliphatic rings. The average Bonchev–Trinajstić information content (AvgIpc) is 3.55. The van der Waals surface area contributed by atoms with Crippen LogP contribution < -0.4 is 15.0 Å². The summed E-state index contributed by atoms with van der Waals surface area (Å²) in [5.41, 5.74) is 2.86. The largest absolute Gasteiger partial charge is 0.457 e. The predicted octanol–water partition coefficient (Wildman–Crippen LogP) is 6.89. The minimum absolute atomic E-state index is 0.171. The number of benzene rings is 2. The van der Waals surface area contributed by atoms with E-state index in [1.807, 2.05) is 97.2 Å². The topological polar surface area (TPSA) is 55.2 Å². The van der Waals surface area contributed by atoms with Gasteiger partial charge in [0.05, 0.1) is 16.8 Å². The molecule has 8 heteroatoms. The molecule has 0 radical (unpaired) electrons. The average molecular weight is 524 g/mol. The predicted molar refractivity (Wildman–Crippen MR) is 149 cm³/mol. The van der Waals surface area contributed by atoms with Gasteiger partial charge in [0.25, 0.3) is 0 Å². The van der Waals surface area contributed by atoms with Gasteiger partial charge >= 0.3 is 0 Å². The first kappa shape index (κ1) is 23.2. The number of pyridine rings is 2. The lowest BCUT2D eigenvalue weighted by Gasteiger charge is -2.29. The molecule has 3 aromatic heterocycles. The zero-order valence-electron chi connectivity index (χ0n) is 19.6. The van der Waals surface area contributed by atoms with Crippen molar-refractivity contribution in [3.8, 4) is 17.3 Å². The third-order valence-electron chi connectivity index (χ3n) is 6.23. The Bertz CT molecular complexity index is 1510. The van der Waals surface area contributed by atoms with Crippen molar-refractivity contribution in [2.45, 2.75) is 12.1 Å². The summed E-state index contributed by atoms with van der Waals surface area (Å²) in [4.78, 5) is 11.3. The number of nitrogens with zero attached hydrogens (tertiary/aromatic N) is 4. The van der Waals surface area contributed by atoms with Crippen molar-refractivity contribution in [2.24, 2.45) is 0 Å². The molecule has 1 aliphatic heterocycles. The third kappa shape index (κ3) is 4.67. The van der Waals surface area contributed by atoms with Crippen molar-refractivity contribution < 1.29 is 4.74 Å². The van der Waals surface area contributed by atoms with E-state index in [1.54, 1.807) is 12.4 Å². The smallest absolute Gasteiger partial charge is 0.174 e. The van der Waals surface area contributed by atoms with E-state index in [-0.39, 0.29) is 12.1 Å². The Kier molecular flexibility index (Phi) is 6.30. The van der Waals surface area contributed by atoms with Gasteiger partial charge in [0.1, 0.15) is 23.4 Å². The molecule has 4 heterocycles. The van der Waals surface area contributed by atoms with Crippen LogP contribution in [0, 0.1) is 0 Å². The maximum atomic E-state index is 6.10. The lowest BCUT2D eigenvalue weighted by molar-refractivity contribution is 0.482. The number of hydrogen-bond donors (Lipinski definition) is 1. The molecule has 2 aromatic carbocycles. The molecule has 0 amide bonds. The molecule has 0 aliphatic carbocycles. The van der Waals surface area contributed by atoms with E-state index >= 15 is 0 Å². The molecular formula is C29H22ClN5OS. The van der Waals surface area contributed by atoms with Gasteiger partial charge < -0.3 is 19.5 Å². The highest BCUT2D eigenvalue weighted by molar-refractivity contribution is 7.80. The van der Waals surface area contributed by atoms with E-state index in [0.717, 1.165) is 34.4 Å². The fourth-order valence-corrected chi connectivity index (χ4v) is 5.04. The number of hydrogen-bond acceptors (Lipinski definition) is 4. The summed E-state index contributed by atoms with van der Waals surface area (Å²) in [6.07, 6.45) is 5.45. The Balaban J connectivity index is 1.40. The van der Waals surface area contributed by atoms with Gasteiger partial charge in [-0.3, -0.25) is 4.98 Å². The van der Waals surface area contributed by atoms with E-state index in [9.17, 15) is 0 Å². The number of rotatable bonds is 6. The van der Waals surface area contributed by atoms with Gasteiger partial charge in [-0.05, 0) is 85.0 Å². The first-order valence-corrected chi connectivity index (χ1v) is 12.6. The Morgan fingerprint density at radius 3 is 2.32 bits per heavy atom. The third-order valence-corrected chi connectivity index (χ3v) is 6.77. The Morgan fingerprint density at radius 1 is 0.811 bits per heavy atom. The summed E-state index contributed by atoms with van der Waals surface area (Å²) in [6, 6.07) is 31.1. The molecule has 1 fully saturated rings. The highest BCUT2D eigenvalue weighted by Crippen LogP contribution is 2.42. The van der Waals surface area contributed by atoms with E-state index < -0.39 is 0 Å². The minimum atomic E-state index is -0.184. The lowest BCUT2D eigenvalue weighted by atomic mass is 10.0. The fourth-order valence-electron chi connectivity index (χ4n) is 4.59. The molecule has 6 nitrogen and oxygen atoms in total. The van der Waals surface area contributed by atoms with Crippen molar-refractivity contribution in [3.05, 3.63) is 132 Å². The Morgan fingerprint density at radius 2 is 1.59 bits per heavy atom. The molecular weight excluding hydrogens is 502 g/mol. The summed E-state index contributed by atoms with van der Waals surface area (Å²) in [6.45, 7) is 0. The number of anilines is 1. The van der Waals surface area contributed by atoms with E-state index in [1.165, 1.54) is 0 Å². The van der Waals surface area contributed by atoms with Crippen LogP contribution in [0.25, 0.3) is 5.82 Å². The summed E-state index contributed by atoms with van der Waals surface area (Å²) in [5, 5.41) is 4.72. The van der Waals surface area contributed by atoms with Crippen LogP contribution in [-0.4, -0.2) is 19.6 Å². The van der Waals surface area contributed by atoms with Crippen LogP contribution in [0.2, 0.25) is 5.02 Å². The van der Waals surface area contributed by atoms with Crippen LogP contribution in [0.15, 0.2) is 116 Å². The summed E-state index contributed by atoms with van der Waals surface area (Å²) < 4.78 is 8.06. The van der Waals surface area contributed by atoms with E-state index in [0.29, 0.717) is 10.1 Å². The number of halogens is 1. The normalized spacial score (nSPS) is 17.0. The second kappa shape index (κ2) is 10.0. The molecule has 1 saturated heterocycles. The summed E-state index contributed by atoms with van der Waals surface area (Å²) in [7, 11) is 0. The first-order valence-electron chi connectivity index (χ1n) is 11.8. The zero-order chi connectivity index (χ0) is 25.2. The van der Waals surface area contributed by atoms with Crippen molar-refractivity contribution in [1.82, 2.24) is 19.9 Å². The monoisotopic (exact) mass is 523 g/mol. The van der Waals surface area contributed by atoms with Crippen molar-refractivity contribution in [1.29, 1.82) is 0 Å². The van der Waals surface area contributed by atoms with Gasteiger partial charge in [-0.15, -0.1) is 0 Å². The number of nitrogens with one attached hydrogen (secondary N) is 1. The van der Waals surface area contributed by atoms with Crippen molar-refractivity contribution in [3.63, 3.8) is 0 Å². The van der Waals surface area contributed by atoms with Crippen molar-refractivity contribution >= 4 is 34.6 Å². The number of para-hydroxylation sites is 1. The number of ether oxygens (including phenoxy) is 1. The second-order valence-corrected chi connectivity index (χ2v) is 9.37. The molecule has 0 spiro atoms. The van der Waals surface area contributed by atoms with Crippen molar-refractivity contribution in [2.75, 3.05) is 4.90 Å². The summed E-state index contributed by atoms with van der Waals surface area (Å²) in [5.74, 6) is 2.31. The number of aromatic nitrogens is 3. The second-order valence-electron chi connectivity index (χ2n) is 8.54. The highest BCUT2D eigenvalue weighted by atomic mass is 35.5. The molecule has 0 unspecified atom stereocenters. The van der Waals surface area contributed by atoms with Gasteiger partial charge in [-0.25, -0.2) is 4.98 Å². The van der Waals surface area contributed by atoms with E-state index in [2.05, 4.69) is 30.8 Å². The number of thiocarbonyl (C=S) groups is 1. The zero-order valence-corrected chi connectivity index (χ0v) is 21.2. The van der Waals surface area contributed by atoms with Gasteiger partial charge in [-0.2, -0.15) is 0 Å². The first-order chi connectivity index (χ1) is 18.2. The highest BCUT2D eigenvalue weighted by Gasteiger charge is 2.42. The molecule has 1 N–H and O–H groups in total. The van der Waals surface area contributed by atoms with Gasteiger partial charge in [0, 0.05) is 30.0 Å². The maximum absolute atomic E-state index is 6.10. The Hall–Kier alpha value is -4.20. The molecule has 6 rings (SSSR count). The van der Waals surface area contributed by atoms with E-state index in [4.69, 9.17) is 28.6 Å². The van der Waals surface area contributed by atoms with Crippen LogP contribution in [0.3, 0.4) is 0 Å². The molecule has 0 bridgehead atoms. The SMILES string of the molecule is S=C1N[C@H](c2ccccn2)[C@H](c2cccn2-c2ccc(Cl)cn2)N1c1ccc(Oc2ccccc2)cc1. The quantitative estimate of drug-likeness (QED) is 0.245. The fraction of sp³-hybridized carbons (Fsp3) is 0.0690. The minimum Gasteiger partial charge on any atom is -0.457 e. The van der Waals surface area contributed by atoms with Gasteiger partial charge in [0.2, 0.25) is 0 Å². The maximum Gasteiger partial charge on any atom is 0.174 e. The van der Waals surface area contributed by atoms with Crippen LogP contribution >= 0.6 is 23.8 Å². The van der Waals surface area contributed by atoms with Crippen LogP contribution in [0.1, 0.15) is 23.5 Å². The van der Waals surface area contributed by atoms with Crippen LogP contribution in [0.5, 0.6) is 11.5 Å². The van der Waals surface area contributed by atoms with Crippen LogP contribution in [-0.2, 0) is 0 Å². The molecule has 37 heavy (non-hydrogen) atoms. The van der Waals surface area contributed by atoms with Gasteiger partial charge in [0.15, 0.2) is 5.11 Å². The molecule has 182 valence electrons. The standard InChI is InChI=1S/C29H22ClN5OS/c30-20-11-16-26(32-19-20)34-18-6-10-25(34)28-27(24-9-4-5-17-31-24)33-29(37)35(28)21-12-14-23(15-13-21)36-22-7-2-1-3-8-22/h1-19,27-28H,(H,33,37)/t27-,28+/m1/s1. The van der Waals surface area contributed by atoms with Gasteiger partial charge in [-0.1, -0.05) is 35.9 Å².